The molecule has 1 fully saturated rings. The van der Waals surface area contributed by atoms with Crippen molar-refractivity contribution in [3.63, 3.8) is 0 Å². The fourth-order valence-electron chi connectivity index (χ4n) is 2.45. The van der Waals surface area contributed by atoms with Gasteiger partial charge in [-0.1, -0.05) is 13.0 Å². The van der Waals surface area contributed by atoms with Crippen LogP contribution in [0.25, 0.3) is 0 Å². The minimum Gasteiger partial charge on any atom is -0.504 e. The Bertz CT molecular complexity index is 489. The lowest BCUT2D eigenvalue weighted by atomic mass is 10.1. The molecule has 1 N–H and O–H groups in total. The van der Waals surface area contributed by atoms with E-state index in [9.17, 15) is 9.90 Å². The number of carbonyl (C=O) groups is 1. The number of benzene rings is 1. The van der Waals surface area contributed by atoms with Gasteiger partial charge in [-0.05, 0) is 25.5 Å². The van der Waals surface area contributed by atoms with Crippen molar-refractivity contribution in [2.45, 2.75) is 32.4 Å². The molecule has 5 heteroatoms. The van der Waals surface area contributed by atoms with Gasteiger partial charge in [-0.15, -0.1) is 0 Å². The number of phenolic OH excluding ortho intramolecular Hbond substituents is 1. The fraction of sp³-hybridized carbons (Fsp3) is 0.533. The van der Waals surface area contributed by atoms with Crippen LogP contribution in [0.1, 0.15) is 30.6 Å². The second-order valence-corrected chi connectivity index (χ2v) is 5.02. The Morgan fingerprint density at radius 3 is 2.95 bits per heavy atom. The van der Waals surface area contributed by atoms with Crippen LogP contribution in [-0.2, 0) is 4.74 Å². The number of phenols is 1. The number of hydrogen-bond acceptors (Lipinski definition) is 4. The third-order valence-corrected chi connectivity index (χ3v) is 3.65. The van der Waals surface area contributed by atoms with Gasteiger partial charge in [0, 0.05) is 6.54 Å². The number of methoxy groups -OCH3 is 1. The quantitative estimate of drug-likeness (QED) is 0.920. The van der Waals surface area contributed by atoms with Crippen LogP contribution in [0.3, 0.4) is 0 Å². The van der Waals surface area contributed by atoms with Gasteiger partial charge in [0.15, 0.2) is 11.5 Å². The number of amides is 1. The van der Waals surface area contributed by atoms with Gasteiger partial charge in [0.25, 0.3) is 5.91 Å². The van der Waals surface area contributed by atoms with Crippen molar-refractivity contribution in [1.82, 2.24) is 4.90 Å². The average molecular weight is 279 g/mol. The second-order valence-electron chi connectivity index (χ2n) is 5.02. The predicted octanol–water partition coefficient (Wildman–Crippen LogP) is 2.04. The van der Waals surface area contributed by atoms with Crippen molar-refractivity contribution in [1.29, 1.82) is 0 Å². The van der Waals surface area contributed by atoms with E-state index in [0.29, 0.717) is 18.9 Å². The van der Waals surface area contributed by atoms with Crippen LogP contribution in [0.15, 0.2) is 18.2 Å². The van der Waals surface area contributed by atoms with E-state index in [1.54, 1.807) is 23.1 Å². The molecule has 1 aromatic carbocycles. The molecule has 0 spiro atoms. The number of ether oxygens (including phenoxy) is 2. The molecule has 1 amide bonds. The maximum Gasteiger partial charge on any atom is 0.258 e. The van der Waals surface area contributed by atoms with Gasteiger partial charge >= 0.3 is 0 Å². The predicted molar refractivity (Wildman–Crippen MR) is 75.2 cm³/mol. The third kappa shape index (κ3) is 2.72. The summed E-state index contributed by atoms with van der Waals surface area (Å²) in [6.07, 6.45) is 0.831. The molecule has 2 rings (SSSR count). The number of morpholine rings is 1. The van der Waals surface area contributed by atoms with Gasteiger partial charge in [0.05, 0.1) is 31.4 Å². The highest BCUT2D eigenvalue weighted by atomic mass is 16.5. The molecule has 0 aliphatic carbocycles. The van der Waals surface area contributed by atoms with E-state index in [0.717, 1.165) is 6.42 Å². The van der Waals surface area contributed by atoms with Crippen molar-refractivity contribution in [3.05, 3.63) is 23.8 Å². The summed E-state index contributed by atoms with van der Waals surface area (Å²) in [5, 5.41) is 10.1. The fourth-order valence-corrected chi connectivity index (χ4v) is 2.45. The summed E-state index contributed by atoms with van der Waals surface area (Å²) < 4.78 is 10.6. The lowest BCUT2D eigenvalue weighted by Gasteiger charge is -2.38. The molecule has 0 bridgehead atoms. The summed E-state index contributed by atoms with van der Waals surface area (Å²) >= 11 is 0. The number of carbonyl (C=O) groups excluding carboxylic acids is 1. The molecular weight excluding hydrogens is 258 g/mol. The molecule has 1 aliphatic rings. The molecule has 5 nitrogen and oxygen atoms in total. The lowest BCUT2D eigenvalue weighted by Crippen LogP contribution is -2.51. The van der Waals surface area contributed by atoms with Crippen molar-refractivity contribution in [2.75, 3.05) is 20.3 Å². The maximum absolute atomic E-state index is 12.7. The molecule has 1 aromatic rings. The minimum absolute atomic E-state index is 0.00880. The molecule has 0 aromatic heterocycles. The zero-order chi connectivity index (χ0) is 14.7. The third-order valence-electron chi connectivity index (χ3n) is 3.65. The van der Waals surface area contributed by atoms with Crippen molar-refractivity contribution >= 4 is 5.91 Å². The van der Waals surface area contributed by atoms with Gasteiger partial charge < -0.3 is 19.5 Å². The smallest absolute Gasteiger partial charge is 0.258 e. The van der Waals surface area contributed by atoms with E-state index in [2.05, 4.69) is 0 Å². The Labute approximate surface area is 119 Å². The highest BCUT2D eigenvalue weighted by molar-refractivity contribution is 5.98. The zero-order valence-electron chi connectivity index (χ0n) is 12.1. The Morgan fingerprint density at radius 1 is 1.55 bits per heavy atom. The summed E-state index contributed by atoms with van der Waals surface area (Å²) in [6, 6.07) is 5.00. The van der Waals surface area contributed by atoms with Gasteiger partial charge in [-0.25, -0.2) is 0 Å². The van der Waals surface area contributed by atoms with Crippen LogP contribution < -0.4 is 4.74 Å². The van der Waals surface area contributed by atoms with Gasteiger partial charge in [0.1, 0.15) is 0 Å². The molecule has 2 unspecified atom stereocenters. The number of aromatic hydroxyl groups is 1. The van der Waals surface area contributed by atoms with E-state index in [-0.39, 0.29) is 29.4 Å². The average Bonchev–Trinajstić information content (AvgIpc) is 2.46. The Morgan fingerprint density at radius 2 is 2.30 bits per heavy atom. The summed E-state index contributed by atoms with van der Waals surface area (Å²) in [5.41, 5.74) is 0.275. The van der Waals surface area contributed by atoms with Crippen LogP contribution in [0.2, 0.25) is 0 Å². The largest absolute Gasteiger partial charge is 0.504 e. The first kappa shape index (κ1) is 14.7. The molecule has 20 heavy (non-hydrogen) atoms. The number of nitrogens with zero attached hydrogens (tertiary/aromatic N) is 1. The summed E-state index contributed by atoms with van der Waals surface area (Å²) in [4.78, 5) is 14.4. The van der Waals surface area contributed by atoms with E-state index in [4.69, 9.17) is 9.47 Å². The van der Waals surface area contributed by atoms with E-state index >= 15 is 0 Å². The summed E-state index contributed by atoms with van der Waals surface area (Å²) in [5.74, 6) is 0.0302. The lowest BCUT2D eigenvalue weighted by molar-refractivity contribution is -0.0444. The Balaban J connectivity index is 2.29. The molecule has 110 valence electrons. The monoisotopic (exact) mass is 279 g/mol. The first-order chi connectivity index (χ1) is 9.58. The van der Waals surface area contributed by atoms with Crippen LogP contribution in [0.4, 0.5) is 0 Å². The molecule has 0 saturated carbocycles. The van der Waals surface area contributed by atoms with Crippen LogP contribution in [0, 0.1) is 0 Å². The molecule has 1 saturated heterocycles. The molecular formula is C15H21NO4. The van der Waals surface area contributed by atoms with E-state index in [1.807, 2.05) is 13.8 Å². The first-order valence-electron chi connectivity index (χ1n) is 6.87. The normalized spacial score (nSPS) is 22.6. The molecule has 1 heterocycles. The van der Waals surface area contributed by atoms with Crippen LogP contribution in [-0.4, -0.2) is 48.3 Å². The highest BCUT2D eigenvalue weighted by Gasteiger charge is 2.31. The van der Waals surface area contributed by atoms with E-state index in [1.165, 1.54) is 7.11 Å². The molecule has 2 atom stereocenters. The maximum atomic E-state index is 12.7. The number of hydrogen-bond donors (Lipinski definition) is 1. The number of rotatable bonds is 3. The number of para-hydroxylation sites is 1. The zero-order valence-corrected chi connectivity index (χ0v) is 12.1. The Hall–Kier alpha value is -1.75. The molecule has 0 radical (unpaired) electrons. The Kier molecular flexibility index (Phi) is 4.49. The highest BCUT2D eigenvalue weighted by Crippen LogP contribution is 2.31. The van der Waals surface area contributed by atoms with Crippen molar-refractivity contribution in [2.24, 2.45) is 0 Å². The summed E-state index contributed by atoms with van der Waals surface area (Å²) in [7, 11) is 1.47. The topological polar surface area (TPSA) is 59.0 Å². The van der Waals surface area contributed by atoms with Gasteiger partial charge in [-0.3, -0.25) is 4.79 Å². The molecule has 1 aliphatic heterocycles. The van der Waals surface area contributed by atoms with Gasteiger partial charge in [0.2, 0.25) is 0 Å². The first-order valence-corrected chi connectivity index (χ1v) is 6.87. The minimum atomic E-state index is -0.177. The van der Waals surface area contributed by atoms with Gasteiger partial charge in [-0.2, -0.15) is 0 Å². The van der Waals surface area contributed by atoms with E-state index < -0.39 is 0 Å². The van der Waals surface area contributed by atoms with Crippen molar-refractivity contribution in [3.8, 4) is 11.5 Å². The standard InChI is InChI=1S/C15H21NO4/c1-4-11-9-20-10(2)8-16(11)15(18)12-6-5-7-13(19-3)14(12)17/h5-7,10-11,17H,4,8-9H2,1-3H3. The summed E-state index contributed by atoms with van der Waals surface area (Å²) in [6.45, 7) is 5.04. The van der Waals surface area contributed by atoms with Crippen molar-refractivity contribution < 1.29 is 19.4 Å². The SMILES string of the molecule is CCC1COC(C)CN1C(=O)c1cccc(OC)c1O. The van der Waals surface area contributed by atoms with Crippen LogP contribution >= 0.6 is 0 Å². The second kappa shape index (κ2) is 6.13. The van der Waals surface area contributed by atoms with Crippen LogP contribution in [0.5, 0.6) is 11.5 Å².